The van der Waals surface area contributed by atoms with Crippen LogP contribution in [0.25, 0.3) is 10.6 Å². The topological polar surface area (TPSA) is 88.4 Å². The van der Waals surface area contributed by atoms with E-state index in [0.29, 0.717) is 17.0 Å². The summed E-state index contributed by atoms with van der Waals surface area (Å²) in [6.45, 7) is 5.09. The summed E-state index contributed by atoms with van der Waals surface area (Å²) in [7, 11) is 1.72. The van der Waals surface area contributed by atoms with E-state index in [1.807, 2.05) is 29.3 Å². The molecule has 4 rings (SSSR count). The maximum absolute atomic E-state index is 12.7. The van der Waals surface area contributed by atoms with Gasteiger partial charge in [0.1, 0.15) is 11.1 Å². The Balaban J connectivity index is 1.40. The smallest absolute Gasteiger partial charge is 0.255 e. The van der Waals surface area contributed by atoms with Crippen LogP contribution in [0.3, 0.4) is 0 Å². The molecular formula is C22H26N4O3S2. The van der Waals surface area contributed by atoms with E-state index in [2.05, 4.69) is 9.97 Å². The lowest BCUT2D eigenvalue weighted by Gasteiger charge is -2.31. The highest BCUT2D eigenvalue weighted by Gasteiger charge is 2.23. The van der Waals surface area contributed by atoms with Crippen molar-refractivity contribution >= 4 is 28.6 Å². The zero-order valence-corrected chi connectivity index (χ0v) is 19.5. The van der Waals surface area contributed by atoms with Crippen molar-refractivity contribution in [3.8, 4) is 10.6 Å². The molecule has 1 unspecified atom stereocenters. The molecule has 1 fully saturated rings. The minimum absolute atomic E-state index is 0.0275. The average Bonchev–Trinajstić information content (AvgIpc) is 3.40. The number of thiazole rings is 2. The van der Waals surface area contributed by atoms with E-state index in [-0.39, 0.29) is 12.0 Å². The van der Waals surface area contributed by atoms with Gasteiger partial charge in [-0.05, 0) is 38.8 Å². The van der Waals surface area contributed by atoms with Gasteiger partial charge in [-0.25, -0.2) is 9.97 Å². The molecule has 1 aliphatic rings. The highest BCUT2D eigenvalue weighted by atomic mass is 32.1. The number of hydrogen-bond donors (Lipinski definition) is 1. The van der Waals surface area contributed by atoms with Gasteiger partial charge in [0.2, 0.25) is 0 Å². The molecule has 7 nitrogen and oxygen atoms in total. The molecule has 9 heteroatoms. The Bertz CT molecular complexity index is 1040. The number of likely N-dealkylation sites (tertiary alicyclic amines) is 1. The van der Waals surface area contributed by atoms with Gasteiger partial charge in [0, 0.05) is 43.9 Å². The van der Waals surface area contributed by atoms with Crippen LogP contribution in [-0.4, -0.2) is 57.2 Å². The van der Waals surface area contributed by atoms with Crippen molar-refractivity contribution in [1.82, 2.24) is 19.9 Å². The van der Waals surface area contributed by atoms with Crippen LogP contribution < -0.4 is 0 Å². The number of aromatic nitrogens is 3. The summed E-state index contributed by atoms with van der Waals surface area (Å²) in [5.41, 5.74) is 3.26. The predicted octanol–water partition coefficient (Wildman–Crippen LogP) is 3.87. The number of nitrogens with zero attached hydrogens (tertiary/aromatic N) is 4. The number of pyridine rings is 1. The van der Waals surface area contributed by atoms with Gasteiger partial charge in [-0.2, -0.15) is 0 Å². The molecule has 3 aromatic rings. The number of hydrogen-bond acceptors (Lipinski definition) is 8. The first-order valence-electron chi connectivity index (χ1n) is 10.3. The minimum atomic E-state index is -0.577. The minimum Gasteiger partial charge on any atom is -0.386 e. The lowest BCUT2D eigenvalue weighted by atomic mass is 10.1. The van der Waals surface area contributed by atoms with E-state index < -0.39 is 6.10 Å². The van der Waals surface area contributed by atoms with E-state index >= 15 is 0 Å². The highest BCUT2D eigenvalue weighted by Crippen LogP contribution is 2.33. The first-order valence-corrected chi connectivity index (χ1v) is 12.0. The zero-order valence-electron chi connectivity index (χ0n) is 17.9. The van der Waals surface area contributed by atoms with Gasteiger partial charge >= 0.3 is 0 Å². The fraction of sp³-hybridized carbons (Fsp3) is 0.455. The van der Waals surface area contributed by atoms with Crippen LogP contribution in [0.5, 0.6) is 0 Å². The Morgan fingerprint density at radius 2 is 2.10 bits per heavy atom. The fourth-order valence-electron chi connectivity index (χ4n) is 3.62. The fourth-order valence-corrected chi connectivity index (χ4v) is 5.46. The number of piperidine rings is 1. The average molecular weight is 459 g/mol. The molecule has 31 heavy (non-hydrogen) atoms. The summed E-state index contributed by atoms with van der Waals surface area (Å²) < 4.78 is 5.38. The summed E-state index contributed by atoms with van der Waals surface area (Å²) in [4.78, 5) is 29.2. The second kappa shape index (κ2) is 9.52. The van der Waals surface area contributed by atoms with Crippen LogP contribution >= 0.6 is 22.7 Å². The van der Waals surface area contributed by atoms with Gasteiger partial charge in [-0.1, -0.05) is 0 Å². The Kier molecular flexibility index (Phi) is 6.76. The molecule has 1 amide bonds. The lowest BCUT2D eigenvalue weighted by Crippen LogP contribution is -2.40. The van der Waals surface area contributed by atoms with E-state index in [4.69, 9.17) is 9.72 Å². The number of rotatable bonds is 6. The SMILES string of the molecule is COC1CCN(C(=O)c2ccc(Cc3nc(-c4sc(C(C)O)nc4C)cs3)nc2)CC1. The van der Waals surface area contributed by atoms with Gasteiger partial charge in [0.15, 0.2) is 0 Å². The van der Waals surface area contributed by atoms with E-state index in [0.717, 1.165) is 52.9 Å². The Morgan fingerprint density at radius 3 is 2.71 bits per heavy atom. The van der Waals surface area contributed by atoms with Crippen molar-refractivity contribution in [2.75, 3.05) is 20.2 Å². The van der Waals surface area contributed by atoms with Crippen LogP contribution in [0, 0.1) is 6.92 Å². The second-order valence-electron chi connectivity index (χ2n) is 7.71. The molecule has 3 aromatic heterocycles. The van der Waals surface area contributed by atoms with E-state index in [1.54, 1.807) is 31.6 Å². The second-order valence-corrected chi connectivity index (χ2v) is 9.68. The van der Waals surface area contributed by atoms with Crippen molar-refractivity contribution in [1.29, 1.82) is 0 Å². The summed E-state index contributed by atoms with van der Waals surface area (Å²) >= 11 is 3.06. The quantitative estimate of drug-likeness (QED) is 0.603. The monoisotopic (exact) mass is 458 g/mol. The first-order chi connectivity index (χ1) is 14.9. The third-order valence-corrected chi connectivity index (χ3v) is 7.62. The summed E-state index contributed by atoms with van der Waals surface area (Å²) in [5.74, 6) is 0.0275. The number of aliphatic hydroxyl groups excluding tert-OH is 1. The van der Waals surface area contributed by atoms with Crippen molar-refractivity contribution < 1.29 is 14.6 Å². The Hall–Kier alpha value is -2.20. The summed E-state index contributed by atoms with van der Waals surface area (Å²) in [6.07, 6.45) is 3.69. The van der Waals surface area contributed by atoms with Crippen LogP contribution in [0.4, 0.5) is 0 Å². The number of aliphatic hydroxyl groups is 1. The Morgan fingerprint density at radius 1 is 1.32 bits per heavy atom. The molecule has 4 heterocycles. The number of ether oxygens (including phenoxy) is 1. The molecule has 0 aliphatic carbocycles. The molecular weight excluding hydrogens is 432 g/mol. The molecule has 1 N–H and O–H groups in total. The standard InChI is InChI=1S/C22H26N4O3S2/c1-13-20(31-21(24-13)14(2)27)18-12-30-19(25-18)10-16-5-4-15(11-23-16)22(28)26-8-6-17(29-3)7-9-26/h4-5,11-12,14,17,27H,6-10H2,1-3H3. The summed E-state index contributed by atoms with van der Waals surface area (Å²) in [5, 5.41) is 13.4. The molecule has 164 valence electrons. The molecule has 0 saturated carbocycles. The summed E-state index contributed by atoms with van der Waals surface area (Å²) in [6, 6.07) is 3.75. The van der Waals surface area contributed by atoms with Crippen LogP contribution in [0.15, 0.2) is 23.7 Å². The van der Waals surface area contributed by atoms with Gasteiger partial charge in [-0.3, -0.25) is 9.78 Å². The maximum Gasteiger partial charge on any atom is 0.255 e. The number of methoxy groups -OCH3 is 1. The van der Waals surface area contributed by atoms with Crippen LogP contribution in [0.2, 0.25) is 0 Å². The molecule has 0 aromatic carbocycles. The molecule has 0 radical (unpaired) electrons. The largest absolute Gasteiger partial charge is 0.386 e. The van der Waals surface area contributed by atoms with E-state index in [1.165, 1.54) is 11.3 Å². The molecule has 1 atom stereocenters. The number of aryl methyl sites for hydroxylation is 1. The van der Waals surface area contributed by atoms with Gasteiger partial charge in [0.05, 0.1) is 32.9 Å². The third kappa shape index (κ3) is 5.01. The number of carbonyl (C=O) groups is 1. The molecule has 0 bridgehead atoms. The van der Waals surface area contributed by atoms with Gasteiger partial charge < -0.3 is 14.7 Å². The zero-order chi connectivity index (χ0) is 22.0. The Labute approximate surface area is 189 Å². The molecule has 1 saturated heterocycles. The van der Waals surface area contributed by atoms with E-state index in [9.17, 15) is 9.90 Å². The van der Waals surface area contributed by atoms with Crippen LogP contribution in [0.1, 0.15) is 57.6 Å². The van der Waals surface area contributed by atoms with Crippen LogP contribution in [-0.2, 0) is 11.2 Å². The number of carbonyl (C=O) groups excluding carboxylic acids is 1. The third-order valence-electron chi connectivity index (χ3n) is 5.42. The van der Waals surface area contributed by atoms with Crippen molar-refractivity contribution in [3.63, 3.8) is 0 Å². The van der Waals surface area contributed by atoms with Crippen molar-refractivity contribution in [3.05, 3.63) is 50.7 Å². The molecule has 1 aliphatic heterocycles. The van der Waals surface area contributed by atoms with Gasteiger partial charge in [0.25, 0.3) is 5.91 Å². The first kappa shape index (κ1) is 22.0. The normalized spacial score (nSPS) is 15.9. The van der Waals surface area contributed by atoms with Crippen molar-refractivity contribution in [2.45, 2.75) is 45.3 Å². The highest BCUT2D eigenvalue weighted by molar-refractivity contribution is 7.16. The van der Waals surface area contributed by atoms with Crippen molar-refractivity contribution in [2.24, 2.45) is 0 Å². The number of amides is 1. The molecule has 0 spiro atoms. The maximum atomic E-state index is 12.7. The lowest BCUT2D eigenvalue weighted by molar-refractivity contribution is 0.0350. The predicted molar refractivity (Wildman–Crippen MR) is 122 cm³/mol. The van der Waals surface area contributed by atoms with Gasteiger partial charge in [-0.15, -0.1) is 22.7 Å².